The normalized spacial score (nSPS) is 12.7. The predicted molar refractivity (Wildman–Crippen MR) is 150 cm³/mol. The third-order valence-electron chi connectivity index (χ3n) is 6.36. The van der Waals surface area contributed by atoms with Crippen molar-refractivity contribution in [2.24, 2.45) is 0 Å². The average Bonchev–Trinajstić information content (AvgIpc) is 2.92. The highest BCUT2D eigenvalue weighted by molar-refractivity contribution is 6.09. The van der Waals surface area contributed by atoms with Gasteiger partial charge in [-0.25, -0.2) is 9.78 Å². The molecule has 3 aromatic carbocycles. The number of aliphatic hydroxyl groups excluding tert-OH is 1. The first-order chi connectivity index (χ1) is 18.4. The second-order valence-corrected chi connectivity index (χ2v) is 9.00. The van der Waals surface area contributed by atoms with E-state index in [1.165, 1.54) is 0 Å². The van der Waals surface area contributed by atoms with Crippen LogP contribution in [0.3, 0.4) is 0 Å². The van der Waals surface area contributed by atoms with E-state index in [1.807, 2.05) is 54.6 Å². The van der Waals surface area contributed by atoms with Gasteiger partial charge in [-0.2, -0.15) is 0 Å². The average molecular weight is 516 g/mol. The molecule has 1 heterocycles. The topological polar surface area (TPSA) is 110 Å². The van der Waals surface area contributed by atoms with E-state index in [9.17, 15) is 14.7 Å². The molecule has 1 aromatic heterocycles. The number of rotatable bonds is 10. The van der Waals surface area contributed by atoms with Crippen LogP contribution >= 0.6 is 0 Å². The fourth-order valence-electron chi connectivity index (χ4n) is 4.55. The summed E-state index contributed by atoms with van der Waals surface area (Å²) in [7, 11) is 0. The van der Waals surface area contributed by atoms with Gasteiger partial charge in [-0.1, -0.05) is 36.4 Å². The van der Waals surface area contributed by atoms with Gasteiger partial charge in [0.2, 0.25) is 0 Å². The quantitative estimate of drug-likeness (QED) is 0.184. The molecular formula is C30H33N3O5. The van der Waals surface area contributed by atoms with Gasteiger partial charge in [-0.15, -0.1) is 0 Å². The molecule has 0 fully saturated rings. The zero-order valence-corrected chi connectivity index (χ0v) is 22.1. The molecule has 4 rings (SSSR count). The van der Waals surface area contributed by atoms with Crippen molar-refractivity contribution in [3.8, 4) is 0 Å². The van der Waals surface area contributed by atoms with E-state index in [1.54, 1.807) is 33.8 Å². The summed E-state index contributed by atoms with van der Waals surface area (Å²) in [5.41, 5.74) is 4.82. The molecule has 0 spiro atoms. The Kier molecular flexibility index (Phi) is 8.43. The second-order valence-electron chi connectivity index (χ2n) is 9.00. The number of nitrogens with zero attached hydrogens (tertiary/aromatic N) is 1. The molecule has 3 N–H and O–H groups in total. The van der Waals surface area contributed by atoms with Crippen LogP contribution in [-0.4, -0.2) is 41.3 Å². The van der Waals surface area contributed by atoms with Gasteiger partial charge in [-0.3, -0.25) is 4.79 Å². The van der Waals surface area contributed by atoms with E-state index < -0.39 is 23.9 Å². The van der Waals surface area contributed by atoms with Crippen molar-refractivity contribution in [2.75, 3.05) is 23.8 Å². The Morgan fingerprint density at radius 3 is 2.00 bits per heavy atom. The minimum atomic E-state index is -0.688. The third-order valence-corrected chi connectivity index (χ3v) is 6.36. The highest BCUT2D eigenvalue weighted by Crippen LogP contribution is 2.40. The number of carbonyl (C=O) groups is 2. The van der Waals surface area contributed by atoms with Crippen molar-refractivity contribution in [2.45, 2.75) is 46.3 Å². The highest BCUT2D eigenvalue weighted by Gasteiger charge is 2.27. The van der Waals surface area contributed by atoms with Crippen LogP contribution in [0, 0.1) is 0 Å². The molecule has 0 bridgehead atoms. The summed E-state index contributed by atoms with van der Waals surface area (Å²) in [6.45, 7) is 7.22. The van der Waals surface area contributed by atoms with Crippen molar-refractivity contribution in [3.05, 3.63) is 71.8 Å². The summed E-state index contributed by atoms with van der Waals surface area (Å²) < 4.78 is 10.5. The van der Waals surface area contributed by atoms with E-state index in [4.69, 9.17) is 14.5 Å². The van der Waals surface area contributed by atoms with Crippen LogP contribution in [0.1, 0.15) is 44.7 Å². The maximum atomic E-state index is 13.0. The Bertz CT molecular complexity index is 1420. The van der Waals surface area contributed by atoms with Crippen LogP contribution in [0.2, 0.25) is 0 Å². The number of hydrogen-bond acceptors (Lipinski definition) is 8. The number of ether oxygens (including phenoxy) is 2. The number of esters is 2. The highest BCUT2D eigenvalue weighted by atomic mass is 16.5. The van der Waals surface area contributed by atoms with Gasteiger partial charge in [0.25, 0.3) is 0 Å². The van der Waals surface area contributed by atoms with E-state index in [0.717, 1.165) is 27.5 Å². The maximum absolute atomic E-state index is 13.0. The molecule has 0 saturated heterocycles. The molecule has 0 aliphatic carbocycles. The number of para-hydroxylation sites is 2. The number of hydrogen-bond donors (Lipinski definition) is 3. The van der Waals surface area contributed by atoms with Crippen molar-refractivity contribution >= 4 is 50.8 Å². The van der Waals surface area contributed by atoms with Gasteiger partial charge in [0.05, 0.1) is 42.5 Å². The molecule has 0 saturated carbocycles. The molecule has 38 heavy (non-hydrogen) atoms. The molecule has 0 aliphatic heterocycles. The standard InChI is InChI=1S/C30H33N3O5/c1-5-37-29(35)18(3)27-25(31-19(4)30(36)38-6-2)15-20(17-34)16-26(27)33-28-21-11-7-9-13-23(21)32-24-14-10-8-12-22(24)28/h7-16,18-19,31,34H,5-6,17H2,1-4H3,(H,32,33). The van der Waals surface area contributed by atoms with Gasteiger partial charge in [-0.05, 0) is 57.5 Å². The van der Waals surface area contributed by atoms with Crippen LogP contribution in [0.15, 0.2) is 60.7 Å². The Morgan fingerprint density at radius 2 is 1.42 bits per heavy atom. The predicted octanol–water partition coefficient (Wildman–Crippen LogP) is 5.65. The number of fused-ring (bicyclic) bond motifs is 2. The largest absolute Gasteiger partial charge is 0.466 e. The maximum Gasteiger partial charge on any atom is 0.328 e. The molecule has 2 atom stereocenters. The number of aromatic nitrogens is 1. The molecule has 8 nitrogen and oxygen atoms in total. The molecule has 2 unspecified atom stereocenters. The lowest BCUT2D eigenvalue weighted by Crippen LogP contribution is -2.29. The van der Waals surface area contributed by atoms with E-state index in [-0.39, 0.29) is 19.8 Å². The SMILES string of the molecule is CCOC(=O)C(C)Nc1cc(CO)cc(Nc2c3ccccc3nc3ccccc23)c1C(C)C(=O)OCC. The Hall–Kier alpha value is -4.17. The number of benzene rings is 3. The van der Waals surface area contributed by atoms with Gasteiger partial charge in [0, 0.05) is 27.7 Å². The number of nitrogens with one attached hydrogen (secondary N) is 2. The molecule has 0 aliphatic rings. The minimum Gasteiger partial charge on any atom is -0.466 e. The summed E-state index contributed by atoms with van der Waals surface area (Å²) in [6.07, 6.45) is 0. The van der Waals surface area contributed by atoms with Crippen molar-refractivity contribution in [1.29, 1.82) is 0 Å². The first kappa shape index (κ1) is 26.9. The fraction of sp³-hybridized carbons (Fsp3) is 0.300. The van der Waals surface area contributed by atoms with Crippen LogP contribution in [0.4, 0.5) is 17.1 Å². The third kappa shape index (κ3) is 5.55. The van der Waals surface area contributed by atoms with Crippen molar-refractivity contribution < 1.29 is 24.2 Å². The van der Waals surface area contributed by atoms with Crippen molar-refractivity contribution in [1.82, 2.24) is 4.98 Å². The molecular weight excluding hydrogens is 482 g/mol. The lowest BCUT2D eigenvalue weighted by molar-refractivity contribution is -0.144. The minimum absolute atomic E-state index is 0.233. The van der Waals surface area contributed by atoms with Crippen LogP contribution in [0.5, 0.6) is 0 Å². The Morgan fingerprint density at radius 1 is 0.868 bits per heavy atom. The Labute approximate surface area is 222 Å². The second kappa shape index (κ2) is 11.9. The fourth-order valence-corrected chi connectivity index (χ4v) is 4.55. The molecule has 4 aromatic rings. The summed E-state index contributed by atoms with van der Waals surface area (Å²) in [5, 5.41) is 18.7. The summed E-state index contributed by atoms with van der Waals surface area (Å²) in [6, 6.07) is 18.5. The zero-order valence-electron chi connectivity index (χ0n) is 22.1. The van der Waals surface area contributed by atoms with Crippen LogP contribution in [0.25, 0.3) is 21.8 Å². The number of aliphatic hydroxyl groups is 1. The first-order valence-electron chi connectivity index (χ1n) is 12.8. The van der Waals surface area contributed by atoms with Crippen LogP contribution < -0.4 is 10.6 Å². The van der Waals surface area contributed by atoms with E-state index in [2.05, 4.69) is 10.6 Å². The molecule has 0 radical (unpaired) electrons. The Balaban J connectivity index is 1.93. The summed E-state index contributed by atoms with van der Waals surface area (Å²) >= 11 is 0. The van der Waals surface area contributed by atoms with Gasteiger partial charge >= 0.3 is 11.9 Å². The first-order valence-corrected chi connectivity index (χ1v) is 12.8. The summed E-state index contributed by atoms with van der Waals surface area (Å²) in [4.78, 5) is 30.2. The zero-order chi connectivity index (χ0) is 27.2. The number of carbonyl (C=O) groups excluding carboxylic acids is 2. The number of anilines is 3. The smallest absolute Gasteiger partial charge is 0.328 e. The lowest BCUT2D eigenvalue weighted by Gasteiger charge is -2.25. The van der Waals surface area contributed by atoms with Crippen LogP contribution in [-0.2, 0) is 25.7 Å². The molecule has 198 valence electrons. The van der Waals surface area contributed by atoms with Gasteiger partial charge in [0.1, 0.15) is 6.04 Å². The number of pyridine rings is 1. The van der Waals surface area contributed by atoms with Gasteiger partial charge < -0.3 is 25.2 Å². The van der Waals surface area contributed by atoms with E-state index in [0.29, 0.717) is 22.5 Å². The monoisotopic (exact) mass is 515 g/mol. The molecule has 8 heteroatoms. The molecule has 0 amide bonds. The lowest BCUT2D eigenvalue weighted by atomic mass is 9.94. The van der Waals surface area contributed by atoms with Gasteiger partial charge in [0.15, 0.2) is 0 Å². The van der Waals surface area contributed by atoms with Crippen molar-refractivity contribution in [3.63, 3.8) is 0 Å². The summed E-state index contributed by atoms with van der Waals surface area (Å²) in [5.74, 6) is -1.50. The van der Waals surface area contributed by atoms with E-state index >= 15 is 0 Å².